The smallest absolute Gasteiger partial charge is 0.191 e. The van der Waals surface area contributed by atoms with Crippen molar-refractivity contribution in [3.63, 3.8) is 0 Å². The highest BCUT2D eigenvalue weighted by atomic mass is 15.4. The largest absolute Gasteiger partial charge is 0.370 e. The molecule has 3 aliphatic rings. The van der Waals surface area contributed by atoms with Gasteiger partial charge in [-0.1, -0.05) is 6.92 Å². The van der Waals surface area contributed by atoms with Crippen molar-refractivity contribution in [1.29, 1.82) is 0 Å². The van der Waals surface area contributed by atoms with Crippen LogP contribution in [-0.4, -0.2) is 53.5 Å². The summed E-state index contributed by atoms with van der Waals surface area (Å²) in [5, 5.41) is 0. The maximum Gasteiger partial charge on any atom is 0.191 e. The molecule has 1 atom stereocenters. The molecule has 0 aromatic heterocycles. The van der Waals surface area contributed by atoms with Gasteiger partial charge in [-0.25, -0.2) is 0 Å². The SMILES string of the molecule is CCCN1C(N)=NCC12CCN(C1CC1)C2. The topological polar surface area (TPSA) is 44.9 Å². The number of hydrogen-bond acceptors (Lipinski definition) is 4. The highest BCUT2D eigenvalue weighted by Gasteiger charge is 2.49. The number of nitrogens with zero attached hydrogens (tertiary/aromatic N) is 3. The van der Waals surface area contributed by atoms with Crippen molar-refractivity contribution in [3.8, 4) is 0 Å². The van der Waals surface area contributed by atoms with E-state index in [1.54, 1.807) is 0 Å². The van der Waals surface area contributed by atoms with Gasteiger partial charge < -0.3 is 10.6 Å². The van der Waals surface area contributed by atoms with E-state index < -0.39 is 0 Å². The van der Waals surface area contributed by atoms with E-state index in [1.165, 1.54) is 32.4 Å². The second kappa shape index (κ2) is 3.62. The van der Waals surface area contributed by atoms with E-state index in [0.29, 0.717) is 0 Å². The molecule has 1 saturated heterocycles. The van der Waals surface area contributed by atoms with Crippen molar-refractivity contribution in [1.82, 2.24) is 9.80 Å². The van der Waals surface area contributed by atoms with Gasteiger partial charge >= 0.3 is 0 Å². The van der Waals surface area contributed by atoms with Gasteiger partial charge in [-0.2, -0.15) is 0 Å². The molecule has 1 unspecified atom stereocenters. The number of nitrogens with two attached hydrogens (primary N) is 1. The van der Waals surface area contributed by atoms with Gasteiger partial charge in [0.25, 0.3) is 0 Å². The molecule has 4 heteroatoms. The molecule has 0 aromatic carbocycles. The molecular formula is C12H22N4. The average molecular weight is 222 g/mol. The third kappa shape index (κ3) is 1.51. The molecule has 1 saturated carbocycles. The normalized spacial score (nSPS) is 35.1. The molecule has 0 amide bonds. The highest BCUT2D eigenvalue weighted by molar-refractivity contribution is 5.81. The van der Waals surface area contributed by atoms with Crippen LogP contribution in [0, 0.1) is 0 Å². The monoisotopic (exact) mass is 222 g/mol. The maximum absolute atomic E-state index is 6.01. The van der Waals surface area contributed by atoms with E-state index in [0.717, 1.165) is 31.5 Å². The maximum atomic E-state index is 6.01. The lowest BCUT2D eigenvalue weighted by Crippen LogP contribution is -2.53. The van der Waals surface area contributed by atoms with Gasteiger partial charge in [0.2, 0.25) is 0 Å². The van der Waals surface area contributed by atoms with E-state index >= 15 is 0 Å². The fourth-order valence-corrected chi connectivity index (χ4v) is 3.21. The Balaban J connectivity index is 1.73. The molecule has 0 bridgehead atoms. The first-order valence-electron chi connectivity index (χ1n) is 6.57. The summed E-state index contributed by atoms with van der Waals surface area (Å²) in [5.74, 6) is 0.777. The number of hydrogen-bond donors (Lipinski definition) is 1. The second-order valence-corrected chi connectivity index (χ2v) is 5.50. The quantitative estimate of drug-likeness (QED) is 0.762. The number of aliphatic imine (C=N–C) groups is 1. The van der Waals surface area contributed by atoms with Gasteiger partial charge in [0.15, 0.2) is 5.96 Å². The molecule has 4 nitrogen and oxygen atoms in total. The molecule has 2 N–H and O–H groups in total. The van der Waals surface area contributed by atoms with Crippen molar-refractivity contribution >= 4 is 5.96 Å². The van der Waals surface area contributed by atoms with Crippen molar-refractivity contribution in [2.24, 2.45) is 10.7 Å². The number of likely N-dealkylation sites (tertiary alicyclic amines) is 1. The predicted octanol–water partition coefficient (Wildman–Crippen LogP) is 0.634. The molecule has 1 spiro atoms. The van der Waals surface area contributed by atoms with Gasteiger partial charge in [-0.05, 0) is 25.7 Å². The van der Waals surface area contributed by atoms with E-state index in [9.17, 15) is 0 Å². The minimum atomic E-state index is 0.253. The van der Waals surface area contributed by atoms with Crippen LogP contribution in [0.1, 0.15) is 32.6 Å². The first-order valence-corrected chi connectivity index (χ1v) is 6.57. The molecule has 2 aliphatic heterocycles. The number of rotatable bonds is 3. The van der Waals surface area contributed by atoms with Gasteiger partial charge in [0.05, 0.1) is 12.1 Å². The zero-order valence-corrected chi connectivity index (χ0v) is 10.2. The van der Waals surface area contributed by atoms with E-state index in [2.05, 4.69) is 21.7 Å². The summed E-state index contributed by atoms with van der Waals surface area (Å²) >= 11 is 0. The molecule has 90 valence electrons. The van der Waals surface area contributed by atoms with Crippen LogP contribution in [0.15, 0.2) is 4.99 Å². The summed E-state index contributed by atoms with van der Waals surface area (Å²) in [6.45, 7) is 6.62. The van der Waals surface area contributed by atoms with Gasteiger partial charge in [0.1, 0.15) is 0 Å². The summed E-state index contributed by atoms with van der Waals surface area (Å²) in [6, 6.07) is 0.879. The summed E-state index contributed by atoms with van der Waals surface area (Å²) < 4.78 is 0. The Morgan fingerprint density at radius 3 is 3.00 bits per heavy atom. The van der Waals surface area contributed by atoms with Crippen molar-refractivity contribution in [2.75, 3.05) is 26.2 Å². The van der Waals surface area contributed by atoms with Crippen LogP contribution in [0.4, 0.5) is 0 Å². The zero-order chi connectivity index (χ0) is 11.2. The molecular weight excluding hydrogens is 200 g/mol. The fourth-order valence-electron chi connectivity index (χ4n) is 3.21. The molecule has 2 heterocycles. The van der Waals surface area contributed by atoms with E-state index in [1.807, 2.05) is 0 Å². The third-order valence-corrected chi connectivity index (χ3v) is 4.26. The molecule has 1 aliphatic carbocycles. The first-order chi connectivity index (χ1) is 7.75. The third-order valence-electron chi connectivity index (χ3n) is 4.26. The Kier molecular flexibility index (Phi) is 2.35. The summed E-state index contributed by atoms with van der Waals surface area (Å²) in [6.07, 6.45) is 5.20. The van der Waals surface area contributed by atoms with Gasteiger partial charge in [-0.3, -0.25) is 9.89 Å². The standard InChI is InChI=1S/C12H22N4/c1-2-6-16-11(13)14-8-12(16)5-7-15(9-12)10-3-4-10/h10H,2-9H2,1H3,(H2,13,14). The Bertz CT molecular complexity index is 310. The van der Waals surface area contributed by atoms with Crippen LogP contribution in [-0.2, 0) is 0 Å². The van der Waals surface area contributed by atoms with Crippen LogP contribution in [0.2, 0.25) is 0 Å². The van der Waals surface area contributed by atoms with Crippen LogP contribution in [0.25, 0.3) is 0 Å². The Morgan fingerprint density at radius 2 is 2.31 bits per heavy atom. The minimum absolute atomic E-state index is 0.253. The lowest BCUT2D eigenvalue weighted by atomic mass is 9.97. The van der Waals surface area contributed by atoms with Crippen LogP contribution < -0.4 is 5.73 Å². The van der Waals surface area contributed by atoms with Crippen LogP contribution in [0.3, 0.4) is 0 Å². The van der Waals surface area contributed by atoms with Crippen molar-refractivity contribution < 1.29 is 0 Å². The number of guanidine groups is 1. The first kappa shape index (κ1) is 10.4. The minimum Gasteiger partial charge on any atom is -0.370 e. The lowest BCUT2D eigenvalue weighted by Gasteiger charge is -2.36. The molecule has 3 rings (SSSR count). The second-order valence-electron chi connectivity index (χ2n) is 5.50. The Labute approximate surface area is 97.5 Å². The lowest BCUT2D eigenvalue weighted by molar-refractivity contribution is 0.193. The van der Waals surface area contributed by atoms with E-state index in [-0.39, 0.29) is 5.54 Å². The summed E-state index contributed by atoms with van der Waals surface area (Å²) in [4.78, 5) is 9.50. The fraction of sp³-hybridized carbons (Fsp3) is 0.917. The Hall–Kier alpha value is -0.770. The summed E-state index contributed by atoms with van der Waals surface area (Å²) in [5.41, 5.74) is 6.27. The highest BCUT2D eigenvalue weighted by Crippen LogP contribution is 2.38. The van der Waals surface area contributed by atoms with E-state index in [4.69, 9.17) is 5.73 Å². The molecule has 0 aromatic rings. The molecule has 16 heavy (non-hydrogen) atoms. The van der Waals surface area contributed by atoms with Crippen molar-refractivity contribution in [3.05, 3.63) is 0 Å². The molecule has 0 radical (unpaired) electrons. The van der Waals surface area contributed by atoms with Crippen LogP contribution in [0.5, 0.6) is 0 Å². The zero-order valence-electron chi connectivity index (χ0n) is 10.2. The Morgan fingerprint density at radius 1 is 1.50 bits per heavy atom. The molecule has 2 fully saturated rings. The van der Waals surface area contributed by atoms with Gasteiger partial charge in [-0.15, -0.1) is 0 Å². The van der Waals surface area contributed by atoms with Crippen molar-refractivity contribution in [2.45, 2.75) is 44.2 Å². The average Bonchev–Trinajstić information content (AvgIpc) is 2.99. The van der Waals surface area contributed by atoms with Crippen LogP contribution >= 0.6 is 0 Å². The van der Waals surface area contributed by atoms with Gasteiger partial charge in [0, 0.05) is 25.7 Å². The predicted molar refractivity (Wildman–Crippen MR) is 65.4 cm³/mol. The summed E-state index contributed by atoms with van der Waals surface area (Å²) in [7, 11) is 0.